The summed E-state index contributed by atoms with van der Waals surface area (Å²) in [7, 11) is -1.37. The summed E-state index contributed by atoms with van der Waals surface area (Å²) in [5.74, 6) is 0.985. The molecular formula is C19H27NO4S. The minimum Gasteiger partial charge on any atom is -0.497 e. The first-order chi connectivity index (χ1) is 11.9. The Balaban J connectivity index is 1.97. The van der Waals surface area contributed by atoms with E-state index in [1.807, 2.05) is 30.3 Å². The molecule has 1 aromatic carbocycles. The zero-order valence-corrected chi connectivity index (χ0v) is 15.8. The summed E-state index contributed by atoms with van der Waals surface area (Å²) >= 11 is 0. The summed E-state index contributed by atoms with van der Waals surface area (Å²) in [5.41, 5.74) is 1.09. The molecule has 1 fully saturated rings. The van der Waals surface area contributed by atoms with Crippen LogP contribution in [-0.4, -0.2) is 50.4 Å². The van der Waals surface area contributed by atoms with E-state index in [-0.39, 0.29) is 23.5 Å². The van der Waals surface area contributed by atoms with Gasteiger partial charge in [0.05, 0.1) is 18.6 Å². The van der Waals surface area contributed by atoms with Gasteiger partial charge in [0.15, 0.2) is 9.84 Å². The van der Waals surface area contributed by atoms with Crippen LogP contribution >= 0.6 is 0 Å². The van der Waals surface area contributed by atoms with Crippen molar-refractivity contribution in [3.05, 3.63) is 42.0 Å². The summed E-state index contributed by atoms with van der Waals surface area (Å²) in [6.07, 6.45) is 6.47. The first-order valence-corrected chi connectivity index (χ1v) is 10.6. The number of nitrogens with zero attached hydrogens (tertiary/aromatic N) is 1. The SMILES string of the molecule is CCCCN(C(=O)/C=C/Cc1ccc(OC)cc1)[C@H]1CCS(=O)(=O)C1. The van der Waals surface area contributed by atoms with Crippen LogP contribution in [0.4, 0.5) is 0 Å². The Morgan fingerprint density at radius 3 is 2.60 bits per heavy atom. The second kappa shape index (κ2) is 9.04. The number of amides is 1. The third kappa shape index (κ3) is 5.88. The minimum atomic E-state index is -3.00. The first kappa shape index (κ1) is 19.5. The minimum absolute atomic E-state index is 0.0920. The largest absolute Gasteiger partial charge is 0.497 e. The zero-order valence-electron chi connectivity index (χ0n) is 15.0. The van der Waals surface area contributed by atoms with E-state index in [0.29, 0.717) is 19.4 Å². The number of unbranched alkanes of at least 4 members (excludes halogenated alkanes) is 1. The number of benzene rings is 1. The van der Waals surface area contributed by atoms with Gasteiger partial charge in [0.1, 0.15) is 5.75 Å². The van der Waals surface area contributed by atoms with Crippen LogP contribution in [0.25, 0.3) is 0 Å². The van der Waals surface area contributed by atoms with Gasteiger partial charge in [0.25, 0.3) is 0 Å². The number of hydrogen-bond acceptors (Lipinski definition) is 4. The van der Waals surface area contributed by atoms with E-state index in [4.69, 9.17) is 4.74 Å². The van der Waals surface area contributed by atoms with Gasteiger partial charge in [-0.15, -0.1) is 0 Å². The average molecular weight is 365 g/mol. The lowest BCUT2D eigenvalue weighted by molar-refractivity contribution is -0.127. The van der Waals surface area contributed by atoms with Crippen LogP contribution in [0.15, 0.2) is 36.4 Å². The zero-order chi connectivity index (χ0) is 18.3. The van der Waals surface area contributed by atoms with Crippen LogP contribution in [0.3, 0.4) is 0 Å². The highest BCUT2D eigenvalue weighted by Crippen LogP contribution is 2.19. The molecule has 1 heterocycles. The number of sulfone groups is 1. The first-order valence-electron chi connectivity index (χ1n) is 8.75. The molecule has 0 bridgehead atoms. The normalized spacial score (nSPS) is 19.2. The number of hydrogen-bond donors (Lipinski definition) is 0. The molecule has 1 saturated heterocycles. The summed E-state index contributed by atoms with van der Waals surface area (Å²) in [4.78, 5) is 14.3. The molecule has 25 heavy (non-hydrogen) atoms. The van der Waals surface area contributed by atoms with Gasteiger partial charge in [-0.05, 0) is 43.0 Å². The molecule has 0 spiro atoms. The molecule has 1 aliphatic rings. The van der Waals surface area contributed by atoms with E-state index in [9.17, 15) is 13.2 Å². The molecule has 2 rings (SSSR count). The average Bonchev–Trinajstić information content (AvgIpc) is 2.95. The van der Waals surface area contributed by atoms with Gasteiger partial charge in [-0.2, -0.15) is 0 Å². The van der Waals surface area contributed by atoms with Crippen molar-refractivity contribution in [1.29, 1.82) is 0 Å². The Morgan fingerprint density at radius 2 is 2.04 bits per heavy atom. The topological polar surface area (TPSA) is 63.7 Å². The second-order valence-electron chi connectivity index (χ2n) is 6.40. The second-order valence-corrected chi connectivity index (χ2v) is 8.63. The molecule has 1 aliphatic heterocycles. The Hall–Kier alpha value is -1.82. The number of carbonyl (C=O) groups is 1. The molecule has 0 unspecified atom stereocenters. The van der Waals surface area contributed by atoms with Gasteiger partial charge in [-0.25, -0.2) is 8.42 Å². The number of rotatable bonds is 8. The summed E-state index contributed by atoms with van der Waals surface area (Å²) in [6.45, 7) is 2.68. The van der Waals surface area contributed by atoms with E-state index in [0.717, 1.165) is 24.2 Å². The highest BCUT2D eigenvalue weighted by atomic mass is 32.2. The van der Waals surface area contributed by atoms with Gasteiger partial charge >= 0.3 is 0 Å². The smallest absolute Gasteiger partial charge is 0.246 e. The quantitative estimate of drug-likeness (QED) is 0.664. The fraction of sp³-hybridized carbons (Fsp3) is 0.526. The third-order valence-corrected chi connectivity index (χ3v) is 6.21. The lowest BCUT2D eigenvalue weighted by Gasteiger charge is -2.27. The van der Waals surface area contributed by atoms with Crippen molar-refractivity contribution < 1.29 is 17.9 Å². The van der Waals surface area contributed by atoms with Gasteiger partial charge in [-0.3, -0.25) is 4.79 Å². The lowest BCUT2D eigenvalue weighted by atomic mass is 10.1. The summed E-state index contributed by atoms with van der Waals surface area (Å²) in [6, 6.07) is 7.52. The molecule has 0 radical (unpaired) electrons. The van der Waals surface area contributed by atoms with Crippen LogP contribution in [0.2, 0.25) is 0 Å². The molecule has 0 N–H and O–H groups in total. The van der Waals surface area contributed by atoms with Gasteiger partial charge < -0.3 is 9.64 Å². The number of carbonyl (C=O) groups excluding carboxylic acids is 1. The van der Waals surface area contributed by atoms with Crippen LogP contribution < -0.4 is 4.74 Å². The summed E-state index contributed by atoms with van der Waals surface area (Å²) in [5, 5.41) is 0. The van der Waals surface area contributed by atoms with Crippen molar-refractivity contribution in [3.63, 3.8) is 0 Å². The van der Waals surface area contributed by atoms with Crippen molar-refractivity contribution in [2.24, 2.45) is 0 Å². The molecule has 0 saturated carbocycles. The molecule has 1 aromatic rings. The molecule has 1 amide bonds. The maximum absolute atomic E-state index is 12.6. The standard InChI is InChI=1S/C19H27NO4S/c1-3-4-13-20(17-12-14-25(22,23)15-17)19(21)7-5-6-16-8-10-18(24-2)11-9-16/h5,7-11,17H,3-4,6,12-15H2,1-2H3/b7-5+/t17-/m0/s1. The molecule has 0 aliphatic carbocycles. The van der Waals surface area contributed by atoms with E-state index < -0.39 is 9.84 Å². The van der Waals surface area contributed by atoms with Crippen molar-refractivity contribution in [2.75, 3.05) is 25.2 Å². The summed E-state index contributed by atoms with van der Waals surface area (Å²) < 4.78 is 28.6. The molecule has 1 atom stereocenters. The Morgan fingerprint density at radius 1 is 1.32 bits per heavy atom. The highest BCUT2D eigenvalue weighted by molar-refractivity contribution is 7.91. The molecular weight excluding hydrogens is 338 g/mol. The Bertz CT molecular complexity index is 695. The fourth-order valence-corrected chi connectivity index (χ4v) is 4.71. The Kier molecular flexibility index (Phi) is 7.05. The van der Waals surface area contributed by atoms with Gasteiger partial charge in [0, 0.05) is 12.6 Å². The molecule has 5 nitrogen and oxygen atoms in total. The number of methoxy groups -OCH3 is 1. The molecule has 0 aromatic heterocycles. The van der Waals surface area contributed by atoms with Crippen LogP contribution in [-0.2, 0) is 21.1 Å². The van der Waals surface area contributed by atoms with Crippen molar-refractivity contribution in [3.8, 4) is 5.75 Å². The van der Waals surface area contributed by atoms with Crippen LogP contribution in [0, 0.1) is 0 Å². The van der Waals surface area contributed by atoms with E-state index in [2.05, 4.69) is 6.92 Å². The van der Waals surface area contributed by atoms with Crippen molar-refractivity contribution in [1.82, 2.24) is 4.90 Å². The molecule has 6 heteroatoms. The van der Waals surface area contributed by atoms with Gasteiger partial charge in [0.2, 0.25) is 5.91 Å². The monoisotopic (exact) mass is 365 g/mol. The predicted molar refractivity (Wildman–Crippen MR) is 99.5 cm³/mol. The third-order valence-electron chi connectivity index (χ3n) is 4.46. The number of allylic oxidation sites excluding steroid dienone is 1. The highest BCUT2D eigenvalue weighted by Gasteiger charge is 2.33. The van der Waals surface area contributed by atoms with Crippen LogP contribution in [0.5, 0.6) is 5.75 Å². The lowest BCUT2D eigenvalue weighted by Crippen LogP contribution is -2.40. The number of ether oxygens (including phenoxy) is 1. The predicted octanol–water partition coefficient (Wildman–Crippen LogP) is 2.61. The Labute approximate surface area is 150 Å². The van der Waals surface area contributed by atoms with Crippen LogP contribution in [0.1, 0.15) is 31.7 Å². The van der Waals surface area contributed by atoms with E-state index in [1.54, 1.807) is 18.1 Å². The van der Waals surface area contributed by atoms with E-state index >= 15 is 0 Å². The van der Waals surface area contributed by atoms with Gasteiger partial charge in [-0.1, -0.05) is 31.6 Å². The maximum atomic E-state index is 12.6. The van der Waals surface area contributed by atoms with Crippen molar-refractivity contribution >= 4 is 15.7 Å². The van der Waals surface area contributed by atoms with Crippen molar-refractivity contribution in [2.45, 2.75) is 38.6 Å². The molecule has 138 valence electrons. The van der Waals surface area contributed by atoms with E-state index in [1.165, 1.54) is 0 Å². The maximum Gasteiger partial charge on any atom is 0.246 e. The fourth-order valence-electron chi connectivity index (χ4n) is 2.98.